The molecule has 1 rings (SSSR count). The Kier molecular flexibility index (Phi) is 16.9. The number of nitrogens with one attached hydrogen (secondary N) is 5. The van der Waals surface area contributed by atoms with Crippen LogP contribution in [-0.4, -0.2) is 74.5 Å². The number of unbranched alkanes of at least 4 members (excludes halogenated alkanes) is 1. The van der Waals surface area contributed by atoms with Crippen molar-refractivity contribution in [2.75, 3.05) is 13.1 Å². The fraction of sp³-hybridized carbons (Fsp3) is 0.517. The molecule has 0 saturated heterocycles. The first-order valence-corrected chi connectivity index (χ1v) is 14.1. The van der Waals surface area contributed by atoms with E-state index in [9.17, 15) is 28.8 Å². The van der Waals surface area contributed by atoms with E-state index in [0.717, 1.165) is 0 Å². The lowest BCUT2D eigenvalue weighted by Gasteiger charge is -2.26. The predicted octanol–water partition coefficient (Wildman–Crippen LogP) is 0.878. The SMILES string of the molecule is [B]C[C@H](C)NC(=O)[C@H](CCCNC(N)=O)NC(=O)C(NC(=O)CCCCNC(=O)/C=C/C(=O)c1ccccc1)C(C)C. The third-order valence-electron chi connectivity index (χ3n) is 6.18. The van der Waals surface area contributed by atoms with E-state index in [1.54, 1.807) is 51.1 Å². The number of nitrogens with two attached hydrogens (primary N) is 1. The molecule has 1 unspecified atom stereocenters. The van der Waals surface area contributed by atoms with Crippen LogP contribution in [0.25, 0.3) is 0 Å². The van der Waals surface area contributed by atoms with E-state index in [2.05, 4.69) is 26.6 Å². The number of carbonyl (C=O) groups excluding carboxylic acids is 6. The van der Waals surface area contributed by atoms with Gasteiger partial charge in [0.1, 0.15) is 12.1 Å². The number of primary amides is 1. The van der Waals surface area contributed by atoms with Crippen molar-refractivity contribution in [3.8, 4) is 0 Å². The molecule has 0 spiro atoms. The third kappa shape index (κ3) is 15.0. The molecule has 2 radical (unpaired) electrons. The second kappa shape index (κ2) is 19.8. The Morgan fingerprint density at radius 1 is 0.833 bits per heavy atom. The molecule has 1 aromatic carbocycles. The van der Waals surface area contributed by atoms with Crippen LogP contribution in [0.4, 0.5) is 4.79 Å². The number of hydrogen-bond acceptors (Lipinski definition) is 6. The average molecular weight is 583 g/mol. The number of benzene rings is 1. The van der Waals surface area contributed by atoms with Crippen molar-refractivity contribution in [3.63, 3.8) is 0 Å². The summed E-state index contributed by atoms with van der Waals surface area (Å²) in [5.74, 6) is -2.22. The van der Waals surface area contributed by atoms with E-state index in [1.807, 2.05) is 0 Å². The molecule has 0 aromatic heterocycles. The summed E-state index contributed by atoms with van der Waals surface area (Å²) in [6, 6.07) is 5.82. The van der Waals surface area contributed by atoms with Gasteiger partial charge in [0.25, 0.3) is 0 Å². The molecule has 0 aliphatic rings. The van der Waals surface area contributed by atoms with Gasteiger partial charge in [-0.3, -0.25) is 24.0 Å². The molecule has 12 nitrogen and oxygen atoms in total. The number of amides is 6. The summed E-state index contributed by atoms with van der Waals surface area (Å²) in [6.07, 6.45) is 4.31. The van der Waals surface area contributed by atoms with Crippen molar-refractivity contribution in [3.05, 3.63) is 48.0 Å². The fourth-order valence-corrected chi connectivity index (χ4v) is 3.76. The number of urea groups is 1. The summed E-state index contributed by atoms with van der Waals surface area (Å²) in [5.41, 5.74) is 5.56. The molecule has 3 atom stereocenters. The highest BCUT2D eigenvalue weighted by molar-refractivity contribution is 6.09. The maximum Gasteiger partial charge on any atom is 0.312 e. The summed E-state index contributed by atoms with van der Waals surface area (Å²) in [6.45, 7) is 5.83. The Balaban J connectivity index is 2.54. The molecule has 0 aliphatic carbocycles. The summed E-state index contributed by atoms with van der Waals surface area (Å²) < 4.78 is 0. The zero-order valence-electron chi connectivity index (χ0n) is 24.6. The van der Waals surface area contributed by atoms with Crippen molar-refractivity contribution >= 4 is 43.3 Å². The van der Waals surface area contributed by atoms with E-state index in [4.69, 9.17) is 13.6 Å². The van der Waals surface area contributed by atoms with E-state index in [0.29, 0.717) is 31.4 Å². The second-order valence-corrected chi connectivity index (χ2v) is 10.2. The van der Waals surface area contributed by atoms with E-state index >= 15 is 0 Å². The fourth-order valence-electron chi connectivity index (χ4n) is 3.76. The highest BCUT2D eigenvalue weighted by Gasteiger charge is 2.29. The minimum Gasteiger partial charge on any atom is -0.353 e. The van der Waals surface area contributed by atoms with Crippen LogP contribution in [0, 0.1) is 5.92 Å². The lowest BCUT2D eigenvalue weighted by Crippen LogP contribution is -2.56. The molecule has 0 heterocycles. The van der Waals surface area contributed by atoms with Crippen LogP contribution in [0.1, 0.15) is 63.2 Å². The lowest BCUT2D eigenvalue weighted by molar-refractivity contribution is -0.133. The van der Waals surface area contributed by atoms with Crippen LogP contribution >= 0.6 is 0 Å². The molecule has 0 aliphatic heterocycles. The average Bonchev–Trinajstić information content (AvgIpc) is 2.95. The molecule has 13 heteroatoms. The van der Waals surface area contributed by atoms with E-state index in [-0.39, 0.29) is 49.4 Å². The molecular formula is C29H43BN6O6. The largest absolute Gasteiger partial charge is 0.353 e. The van der Waals surface area contributed by atoms with Crippen molar-refractivity contribution in [2.24, 2.45) is 11.7 Å². The van der Waals surface area contributed by atoms with Crippen LogP contribution in [0.2, 0.25) is 6.32 Å². The summed E-state index contributed by atoms with van der Waals surface area (Å²) in [5, 5.41) is 13.3. The Morgan fingerprint density at radius 2 is 1.50 bits per heavy atom. The standard InChI is InChI=1S/C29H43BN6O6/c1-19(2)26(28(41)35-22(12-9-17-33-29(31)42)27(40)34-20(3)18-30)36-25(39)13-7-8-16-32-24(38)15-14-23(37)21-10-5-4-6-11-21/h4-6,10-11,14-15,19-20,22,26H,7-9,12-13,16-18H2,1-3H3,(H,32,38)(H,34,40)(H,35,41)(H,36,39)(H3,31,33,42)/b15-14+/t20-,22-,26?/m0/s1. The van der Waals surface area contributed by atoms with Gasteiger partial charge in [-0.1, -0.05) is 50.5 Å². The Morgan fingerprint density at radius 3 is 2.12 bits per heavy atom. The van der Waals surface area contributed by atoms with Crippen LogP contribution in [0.3, 0.4) is 0 Å². The van der Waals surface area contributed by atoms with Gasteiger partial charge in [-0.25, -0.2) is 4.79 Å². The first-order valence-electron chi connectivity index (χ1n) is 14.1. The van der Waals surface area contributed by atoms with Crippen LogP contribution in [-0.2, 0) is 19.2 Å². The summed E-state index contributed by atoms with van der Waals surface area (Å²) in [4.78, 5) is 73.3. The lowest BCUT2D eigenvalue weighted by atomic mass is 9.98. The van der Waals surface area contributed by atoms with Gasteiger partial charge < -0.3 is 32.3 Å². The van der Waals surface area contributed by atoms with Crippen molar-refractivity contribution in [1.29, 1.82) is 0 Å². The van der Waals surface area contributed by atoms with E-state index in [1.165, 1.54) is 12.2 Å². The molecule has 0 bridgehead atoms. The number of carbonyl (C=O) groups is 6. The molecule has 1 aromatic rings. The third-order valence-corrected chi connectivity index (χ3v) is 6.18. The van der Waals surface area contributed by atoms with Crippen LogP contribution < -0.4 is 32.3 Å². The second-order valence-electron chi connectivity index (χ2n) is 10.2. The maximum atomic E-state index is 13.1. The van der Waals surface area contributed by atoms with Gasteiger partial charge in [-0.05, 0) is 44.6 Å². The van der Waals surface area contributed by atoms with Gasteiger partial charge >= 0.3 is 6.03 Å². The van der Waals surface area contributed by atoms with Crippen molar-refractivity contribution < 1.29 is 28.8 Å². The molecule has 0 saturated carbocycles. The van der Waals surface area contributed by atoms with Gasteiger partial charge in [0.15, 0.2) is 5.78 Å². The normalized spacial score (nSPS) is 13.0. The molecule has 0 fully saturated rings. The van der Waals surface area contributed by atoms with Crippen LogP contribution in [0.15, 0.2) is 42.5 Å². The molecule has 42 heavy (non-hydrogen) atoms. The molecule has 6 amide bonds. The summed E-state index contributed by atoms with van der Waals surface area (Å²) >= 11 is 0. The zero-order chi connectivity index (χ0) is 31.5. The molecular weight excluding hydrogens is 539 g/mol. The van der Waals surface area contributed by atoms with Crippen molar-refractivity contribution in [1.82, 2.24) is 26.6 Å². The van der Waals surface area contributed by atoms with E-state index < -0.39 is 35.8 Å². The van der Waals surface area contributed by atoms with Gasteiger partial charge in [0.05, 0.1) is 7.85 Å². The highest BCUT2D eigenvalue weighted by atomic mass is 16.2. The first-order chi connectivity index (χ1) is 19.9. The number of rotatable bonds is 19. The first kappa shape index (κ1) is 35.9. The minimum atomic E-state index is -0.903. The molecule has 7 N–H and O–H groups in total. The van der Waals surface area contributed by atoms with Crippen LogP contribution in [0.5, 0.6) is 0 Å². The predicted molar refractivity (Wildman–Crippen MR) is 160 cm³/mol. The smallest absolute Gasteiger partial charge is 0.312 e. The quantitative estimate of drug-likeness (QED) is 0.0608. The van der Waals surface area contributed by atoms with Crippen molar-refractivity contribution in [2.45, 2.75) is 77.3 Å². The Hall–Kier alpha value is -4.16. The zero-order valence-corrected chi connectivity index (χ0v) is 24.6. The Bertz CT molecular complexity index is 1080. The Labute approximate surface area is 248 Å². The highest BCUT2D eigenvalue weighted by Crippen LogP contribution is 2.07. The number of ketones is 1. The van der Waals surface area contributed by atoms with Gasteiger partial charge in [0, 0.05) is 37.2 Å². The summed E-state index contributed by atoms with van der Waals surface area (Å²) in [7, 11) is 5.59. The molecule has 228 valence electrons. The maximum absolute atomic E-state index is 13.1. The monoisotopic (exact) mass is 582 g/mol. The number of hydrogen-bond donors (Lipinski definition) is 6. The van der Waals surface area contributed by atoms with Gasteiger partial charge in [0.2, 0.25) is 23.6 Å². The topological polar surface area (TPSA) is 189 Å². The van der Waals surface area contributed by atoms with Gasteiger partial charge in [-0.15, -0.1) is 0 Å². The van der Waals surface area contributed by atoms with Gasteiger partial charge in [-0.2, -0.15) is 0 Å². The number of allylic oxidation sites excluding steroid dienone is 1. The minimum absolute atomic E-state index is 0.130.